The lowest BCUT2D eigenvalue weighted by atomic mass is 9.42. The van der Waals surface area contributed by atoms with Crippen LogP contribution in [-0.4, -0.2) is 102 Å². The number of carbonyl (C=O) groups excluding carboxylic acids is 5. The second kappa shape index (κ2) is 18.9. The molecule has 89 heavy (non-hydrogen) atoms. The van der Waals surface area contributed by atoms with E-state index in [1.807, 2.05) is 0 Å². The van der Waals surface area contributed by atoms with E-state index in [1.54, 1.807) is 6.92 Å². The van der Waals surface area contributed by atoms with E-state index in [4.69, 9.17) is 9.47 Å². The van der Waals surface area contributed by atoms with Crippen LogP contribution in [0.5, 0.6) is 0 Å². The Morgan fingerprint density at radius 2 is 1.06 bits per heavy atom. The number of rotatable bonds is 4. The minimum atomic E-state index is -0.763. The molecule has 2 heterocycles. The summed E-state index contributed by atoms with van der Waals surface area (Å²) >= 11 is 0. The maximum Gasteiger partial charge on any atom is 0.306 e. The fourth-order valence-electron chi connectivity index (χ4n) is 30.4. The van der Waals surface area contributed by atoms with Crippen molar-refractivity contribution in [3.8, 4) is 0 Å². The molecule has 20 aliphatic rings. The van der Waals surface area contributed by atoms with Crippen LogP contribution in [0.4, 0.5) is 0 Å². The molecule has 2 spiro atoms. The molecule has 9 unspecified atom stereocenters. The van der Waals surface area contributed by atoms with E-state index in [9.17, 15) is 49.5 Å². The molecule has 0 bridgehead atoms. The number of hydrogen-bond acceptors (Lipinski definition) is 13. The van der Waals surface area contributed by atoms with Crippen LogP contribution in [0, 0.1) is 157 Å². The Kier molecular flexibility index (Phi) is 12.7. The van der Waals surface area contributed by atoms with Gasteiger partial charge in [0.2, 0.25) is 0 Å². The molecule has 20 rings (SSSR count). The summed E-state index contributed by atoms with van der Waals surface area (Å²) in [6, 6.07) is 0. The monoisotopic (exact) mass is 1230 g/mol. The molecular weight excluding hydrogens is 1120 g/mol. The maximum absolute atomic E-state index is 12.3. The van der Waals surface area contributed by atoms with Crippen LogP contribution >= 0.6 is 0 Å². The predicted molar refractivity (Wildman–Crippen MR) is 328 cm³/mol. The number of allylic oxidation sites excluding steroid dienone is 1. The third-order valence-electron chi connectivity index (χ3n) is 34.3. The van der Waals surface area contributed by atoms with Crippen molar-refractivity contribution in [2.45, 2.75) is 256 Å². The molecule has 5 N–H and O–H groups in total. The highest BCUT2D eigenvalue weighted by atomic mass is 16.6. The average molecular weight is 1230 g/mol. The van der Waals surface area contributed by atoms with E-state index in [1.165, 1.54) is 51.0 Å². The first-order valence-corrected chi connectivity index (χ1v) is 36.9. The van der Waals surface area contributed by atoms with Gasteiger partial charge in [-0.1, -0.05) is 47.1 Å². The van der Waals surface area contributed by atoms with Crippen LogP contribution in [-0.2, 0) is 38.2 Å². The third-order valence-corrected chi connectivity index (χ3v) is 34.3. The lowest BCUT2D eigenvalue weighted by Crippen LogP contribution is -2.65. The fraction of sp³-hybridized carbons (Fsp3) is 0.908. The van der Waals surface area contributed by atoms with Crippen LogP contribution in [0.3, 0.4) is 0 Å². The number of fused-ring (bicyclic) bond motifs is 34. The molecule has 0 aromatic heterocycles. The highest BCUT2D eigenvalue weighted by Gasteiger charge is 2.86. The van der Waals surface area contributed by atoms with Crippen LogP contribution in [0.1, 0.15) is 222 Å². The molecule has 490 valence electrons. The van der Waals surface area contributed by atoms with Gasteiger partial charge >= 0.3 is 17.9 Å². The Bertz CT molecular complexity index is 3100. The Morgan fingerprint density at radius 3 is 1.61 bits per heavy atom. The molecule has 2 aliphatic heterocycles. The van der Waals surface area contributed by atoms with E-state index in [2.05, 4.69) is 52.4 Å². The van der Waals surface area contributed by atoms with Crippen molar-refractivity contribution in [3.63, 3.8) is 0 Å². The number of carbonyl (C=O) groups is 5. The van der Waals surface area contributed by atoms with Crippen molar-refractivity contribution in [3.05, 3.63) is 11.6 Å². The van der Waals surface area contributed by atoms with Gasteiger partial charge in [-0.25, -0.2) is 0 Å². The largest absolute Gasteiger partial charge is 0.466 e. The van der Waals surface area contributed by atoms with Crippen molar-refractivity contribution in [1.82, 2.24) is 0 Å². The fourth-order valence-corrected chi connectivity index (χ4v) is 30.4. The molecule has 0 amide bonds. The van der Waals surface area contributed by atoms with Crippen LogP contribution in [0.25, 0.3) is 0 Å². The maximum atomic E-state index is 12.3. The minimum absolute atomic E-state index is 0.0229. The van der Waals surface area contributed by atoms with Gasteiger partial charge in [-0.2, -0.15) is 0 Å². The number of Topliss-reactive ketones (excluding diaryl/α,β-unsaturated/α-hetero) is 1. The molecule has 18 aliphatic carbocycles. The van der Waals surface area contributed by atoms with Gasteiger partial charge in [0.05, 0.1) is 29.5 Å². The molecular formula is C76H108O13. The van der Waals surface area contributed by atoms with Crippen LogP contribution < -0.4 is 0 Å². The first kappa shape index (κ1) is 60.0. The zero-order valence-corrected chi connectivity index (χ0v) is 55.1. The van der Waals surface area contributed by atoms with Crippen molar-refractivity contribution in [1.29, 1.82) is 0 Å². The van der Waals surface area contributed by atoms with E-state index < -0.39 is 16.8 Å². The average Bonchev–Trinajstić information content (AvgIpc) is 1.69. The molecule has 0 aromatic rings. The first-order chi connectivity index (χ1) is 42.1. The normalized spacial score (nSPS) is 60.8. The summed E-state index contributed by atoms with van der Waals surface area (Å²) in [6.07, 6.45) is 26.5. The van der Waals surface area contributed by atoms with Crippen LogP contribution in [0.2, 0.25) is 0 Å². The quantitative estimate of drug-likeness (QED) is 0.131. The number of aliphatic hydroxyl groups is 5. The summed E-state index contributed by atoms with van der Waals surface area (Å²) < 4.78 is 16.8. The first-order valence-electron chi connectivity index (χ1n) is 36.9. The minimum Gasteiger partial charge on any atom is -0.466 e. The van der Waals surface area contributed by atoms with Crippen molar-refractivity contribution >= 4 is 29.5 Å². The van der Waals surface area contributed by atoms with Crippen molar-refractivity contribution in [2.24, 2.45) is 157 Å². The van der Waals surface area contributed by atoms with E-state index in [0.717, 1.165) is 125 Å². The van der Waals surface area contributed by atoms with E-state index >= 15 is 0 Å². The Balaban J connectivity index is 0.0000000986. The van der Waals surface area contributed by atoms with Gasteiger partial charge in [0, 0.05) is 80.1 Å². The highest BCUT2D eigenvalue weighted by Crippen LogP contribution is 2.86. The van der Waals surface area contributed by atoms with Gasteiger partial charge in [-0.15, -0.1) is 0 Å². The molecule has 0 aromatic carbocycles. The van der Waals surface area contributed by atoms with E-state index in [0.29, 0.717) is 140 Å². The molecule has 0 radical (unpaired) electrons. The Labute approximate surface area is 528 Å². The third kappa shape index (κ3) is 7.42. The SMILES string of the molecule is CCOC(C)=O.C[C@]12CCC(=O)C=C1[C@@H]1C[C@@H]1C1C2CC[C@@]2(C)C1[C@@H]1C[C@@H]1[C@@]21CCC(=O)O1.C[C@]12CCC3C(C1[C@@H]1C[C@@H]1[C@@]2(O)CCCO)[C@H]1C[C@H]1[C@]1(O)C[C@@H](O)CC[C@]31C.C[C@]12CCC3C(C1[C@@H]1C[C@@H]1[C@@]21CCC(=O)O1)[C@H]1C[C@H]1[C@]1(O)CC(=O)CC[C@]31C. The lowest BCUT2D eigenvalue weighted by molar-refractivity contribution is -0.237. The summed E-state index contributed by atoms with van der Waals surface area (Å²) in [5, 5.41) is 55.2. The second-order valence-electron chi connectivity index (χ2n) is 36.7. The lowest BCUT2D eigenvalue weighted by Gasteiger charge is -2.64. The number of hydrogen-bond donors (Lipinski definition) is 5. The number of esters is 3. The zero-order chi connectivity index (χ0) is 62.3. The summed E-state index contributed by atoms with van der Waals surface area (Å²) in [4.78, 5) is 58.6. The van der Waals surface area contributed by atoms with Gasteiger partial charge in [0.25, 0.3) is 0 Å². The summed E-state index contributed by atoms with van der Waals surface area (Å²) in [5.74, 6) is 13.6. The van der Waals surface area contributed by atoms with Crippen molar-refractivity contribution < 1.29 is 63.7 Å². The Hall–Kier alpha value is -2.71. The number of aliphatic hydroxyl groups excluding tert-OH is 2. The molecule has 2 saturated heterocycles. The van der Waals surface area contributed by atoms with E-state index in [-0.39, 0.29) is 80.1 Å². The zero-order valence-electron chi connectivity index (χ0n) is 55.1. The number of ketones is 2. The van der Waals surface area contributed by atoms with Gasteiger partial charge in [0.15, 0.2) is 5.78 Å². The van der Waals surface area contributed by atoms with Gasteiger partial charge < -0.3 is 39.7 Å². The van der Waals surface area contributed by atoms with Gasteiger partial charge in [-0.3, -0.25) is 24.0 Å². The molecule has 33 atom stereocenters. The number of ether oxygens (including phenoxy) is 3. The second-order valence-corrected chi connectivity index (χ2v) is 36.7. The van der Waals surface area contributed by atoms with Gasteiger partial charge in [-0.05, 0) is 270 Å². The summed E-state index contributed by atoms with van der Waals surface area (Å²) in [5.41, 5.74) is -0.475. The summed E-state index contributed by atoms with van der Waals surface area (Å²) in [6.45, 7) is 18.3. The standard InChI is InChI=1S/C24H32O4.C24H38O4.C24H30O3.C4H8O2/c1-21-6-3-12(25)11-23(21,27)16-9-13(16)19-15(21)4-7-22(2)20(19)14-10-17(14)24(22)8-5-18(26)28-24;1-21-7-4-13(26)12-24(21,28)17-10-14(17)19-16(21)5-8-22(2)20(19)15-11-18(15)23(22,27)6-3-9-25;1-22-6-3-12(25)9-17(22)13-10-14(13)20-16(22)4-7-23(2)21(20)15-11-18(15)24(23)8-5-19(26)27-24;1-3-6-4(2)5/h13-17,19-20,27H,3-11H2,1-2H3;13-20,25-28H,3-12H2,1-2H3;9,13-16,18,20-21H,3-8,10-11H2,1-2H3;3H2,1-2H3/t13-,14+,15?,16+,17-,19?,20?,21+,22-,23+,24-;13-,14-,15+,16?,17+,18-,19?,20?,21+,22-,23-,24+;13-,14+,15-,16?,18+,20?,21?,22-,23+,24+;/m001./s1. The molecule has 19 fully saturated rings. The van der Waals surface area contributed by atoms with Gasteiger partial charge in [0.1, 0.15) is 17.0 Å². The molecule has 13 nitrogen and oxygen atoms in total. The van der Waals surface area contributed by atoms with Crippen molar-refractivity contribution in [2.75, 3.05) is 13.2 Å². The molecule has 13 heteroatoms. The molecule has 17 saturated carbocycles. The highest BCUT2D eigenvalue weighted by molar-refractivity contribution is 5.92. The van der Waals surface area contributed by atoms with Crippen LogP contribution in [0.15, 0.2) is 11.6 Å². The topological polar surface area (TPSA) is 214 Å². The Morgan fingerprint density at radius 1 is 0.551 bits per heavy atom. The predicted octanol–water partition coefficient (Wildman–Crippen LogP) is 11.1. The smallest absolute Gasteiger partial charge is 0.306 e. The summed E-state index contributed by atoms with van der Waals surface area (Å²) in [7, 11) is 0.